The molecule has 2 aliphatic heterocycles. The number of fused-ring (bicyclic) bond motifs is 1. The molecule has 5 heteroatoms. The molecule has 0 bridgehead atoms. The number of amides is 2. The van der Waals surface area contributed by atoms with Crippen LogP contribution in [-0.4, -0.2) is 42.5 Å². The van der Waals surface area contributed by atoms with Crippen LogP contribution in [0.15, 0.2) is 60.7 Å². The van der Waals surface area contributed by atoms with E-state index in [1.54, 1.807) is 0 Å². The van der Waals surface area contributed by atoms with Crippen LogP contribution in [0.25, 0.3) is 0 Å². The number of hydrogen-bond donors (Lipinski definition) is 1. The number of piperidine rings is 1. The molecule has 0 saturated carbocycles. The van der Waals surface area contributed by atoms with Crippen LogP contribution < -0.4 is 5.32 Å². The van der Waals surface area contributed by atoms with E-state index in [1.807, 2.05) is 41.3 Å². The van der Waals surface area contributed by atoms with E-state index in [2.05, 4.69) is 29.6 Å². The molecule has 0 spiro atoms. The van der Waals surface area contributed by atoms with Crippen molar-refractivity contribution in [2.45, 2.75) is 43.7 Å². The first-order chi connectivity index (χ1) is 14.2. The monoisotopic (exact) mass is 392 g/mol. The average molecular weight is 392 g/mol. The molecule has 2 saturated heterocycles. The second-order valence-corrected chi connectivity index (χ2v) is 7.97. The van der Waals surface area contributed by atoms with Crippen LogP contribution in [0.1, 0.15) is 36.8 Å². The highest BCUT2D eigenvalue weighted by Gasteiger charge is 2.49. The van der Waals surface area contributed by atoms with Crippen LogP contribution in [0.5, 0.6) is 0 Å². The van der Waals surface area contributed by atoms with Crippen molar-refractivity contribution in [2.75, 3.05) is 19.7 Å². The first-order valence-electron chi connectivity index (χ1n) is 10.5. The molecule has 29 heavy (non-hydrogen) atoms. The molecule has 152 valence electrons. The van der Waals surface area contributed by atoms with E-state index >= 15 is 0 Å². The number of nitrogens with one attached hydrogen (secondary N) is 1. The quantitative estimate of drug-likeness (QED) is 0.769. The molecule has 2 atom stereocenters. The van der Waals surface area contributed by atoms with Crippen molar-refractivity contribution in [1.82, 2.24) is 10.2 Å². The number of unbranched alkanes of at least 4 members (excludes halogenated alkanes) is 1. The lowest BCUT2D eigenvalue weighted by molar-refractivity contribution is -0.157. The van der Waals surface area contributed by atoms with E-state index in [-0.39, 0.29) is 24.5 Å². The summed E-state index contributed by atoms with van der Waals surface area (Å²) >= 11 is 0. The Bertz CT molecular complexity index is 840. The van der Waals surface area contributed by atoms with Gasteiger partial charge in [0, 0.05) is 19.5 Å². The molecule has 0 aliphatic carbocycles. The maximum Gasteiger partial charge on any atom is 0.246 e. The average Bonchev–Trinajstić information content (AvgIpc) is 2.77. The van der Waals surface area contributed by atoms with Gasteiger partial charge in [0.25, 0.3) is 0 Å². The van der Waals surface area contributed by atoms with E-state index in [0.29, 0.717) is 25.9 Å². The summed E-state index contributed by atoms with van der Waals surface area (Å²) in [5, 5.41) is 3.18. The molecule has 2 heterocycles. The highest BCUT2D eigenvalue weighted by atomic mass is 16.5. The smallest absolute Gasteiger partial charge is 0.246 e. The van der Waals surface area contributed by atoms with Crippen LogP contribution in [0.4, 0.5) is 0 Å². The predicted octanol–water partition coefficient (Wildman–Crippen LogP) is 3.04. The maximum atomic E-state index is 12.8. The molecular formula is C24H28N2O3. The standard InChI is InChI=1S/C24H28N2O3/c27-22-18-29-21-17-26(16-15-24(21,25-22)20-12-5-2-6-13-20)23(28)14-8-7-11-19-9-3-1-4-10-19/h1-6,9-10,12-13,21H,7-8,11,14-18H2,(H,25,27)/t21-,24+/m1/s1. The summed E-state index contributed by atoms with van der Waals surface area (Å²) in [5.41, 5.74) is 1.82. The number of morpholine rings is 1. The Morgan fingerprint density at radius 1 is 1.07 bits per heavy atom. The van der Waals surface area contributed by atoms with Gasteiger partial charge in [0.2, 0.25) is 11.8 Å². The number of hydrogen-bond acceptors (Lipinski definition) is 3. The van der Waals surface area contributed by atoms with Crippen molar-refractivity contribution in [1.29, 1.82) is 0 Å². The fourth-order valence-electron chi connectivity index (χ4n) is 4.49. The Balaban J connectivity index is 1.34. The molecule has 2 aromatic rings. The zero-order valence-corrected chi connectivity index (χ0v) is 16.7. The normalized spacial score (nSPS) is 23.9. The van der Waals surface area contributed by atoms with Gasteiger partial charge < -0.3 is 15.0 Å². The third-order valence-electron chi connectivity index (χ3n) is 6.08. The zero-order chi connectivity index (χ0) is 20.1. The summed E-state index contributed by atoms with van der Waals surface area (Å²) in [6, 6.07) is 20.4. The summed E-state index contributed by atoms with van der Waals surface area (Å²) in [4.78, 5) is 26.8. The number of nitrogens with zero attached hydrogens (tertiary/aromatic N) is 1. The van der Waals surface area contributed by atoms with Crippen molar-refractivity contribution >= 4 is 11.8 Å². The summed E-state index contributed by atoms with van der Waals surface area (Å²) in [6.07, 6.45) is 3.91. The summed E-state index contributed by atoms with van der Waals surface area (Å²) in [5.74, 6) is 0.0889. The first-order valence-corrected chi connectivity index (χ1v) is 10.5. The molecule has 0 aromatic heterocycles. The van der Waals surface area contributed by atoms with Gasteiger partial charge in [0.05, 0.1) is 5.54 Å². The third-order valence-corrected chi connectivity index (χ3v) is 6.08. The van der Waals surface area contributed by atoms with Gasteiger partial charge in [-0.2, -0.15) is 0 Å². The predicted molar refractivity (Wildman–Crippen MR) is 111 cm³/mol. The highest BCUT2D eigenvalue weighted by molar-refractivity contribution is 5.80. The highest BCUT2D eigenvalue weighted by Crippen LogP contribution is 2.37. The molecular weight excluding hydrogens is 364 g/mol. The Kier molecular flexibility index (Phi) is 5.95. The Morgan fingerprint density at radius 2 is 1.79 bits per heavy atom. The van der Waals surface area contributed by atoms with Crippen molar-refractivity contribution < 1.29 is 14.3 Å². The summed E-state index contributed by atoms with van der Waals surface area (Å²) in [7, 11) is 0. The molecule has 2 amide bonds. The van der Waals surface area contributed by atoms with Gasteiger partial charge in [0.15, 0.2) is 0 Å². The second-order valence-electron chi connectivity index (χ2n) is 7.97. The lowest BCUT2D eigenvalue weighted by atomic mass is 9.77. The van der Waals surface area contributed by atoms with Crippen LogP contribution in [0.2, 0.25) is 0 Å². The zero-order valence-electron chi connectivity index (χ0n) is 16.7. The van der Waals surface area contributed by atoms with Gasteiger partial charge in [-0.15, -0.1) is 0 Å². The molecule has 0 unspecified atom stereocenters. The Morgan fingerprint density at radius 3 is 2.55 bits per heavy atom. The van der Waals surface area contributed by atoms with Gasteiger partial charge in [-0.05, 0) is 36.8 Å². The lowest BCUT2D eigenvalue weighted by Gasteiger charge is -2.50. The van der Waals surface area contributed by atoms with Gasteiger partial charge in [-0.1, -0.05) is 60.7 Å². The molecule has 0 radical (unpaired) electrons. The number of carbonyl (C=O) groups excluding carboxylic acids is 2. The fourth-order valence-corrected chi connectivity index (χ4v) is 4.49. The van der Waals surface area contributed by atoms with E-state index in [1.165, 1.54) is 5.56 Å². The molecule has 1 N–H and O–H groups in total. The molecule has 2 fully saturated rings. The maximum absolute atomic E-state index is 12.8. The van der Waals surface area contributed by atoms with Crippen molar-refractivity contribution in [3.8, 4) is 0 Å². The summed E-state index contributed by atoms with van der Waals surface area (Å²) in [6.45, 7) is 1.21. The molecule has 2 aromatic carbocycles. The number of rotatable bonds is 6. The van der Waals surface area contributed by atoms with Crippen molar-refractivity contribution in [2.24, 2.45) is 0 Å². The SMILES string of the molecule is O=C1CO[C@@H]2CN(C(=O)CCCCc3ccccc3)CC[C@@]2(c2ccccc2)N1. The van der Waals surface area contributed by atoms with Crippen LogP contribution in [0.3, 0.4) is 0 Å². The number of aryl methyl sites for hydroxylation is 1. The van der Waals surface area contributed by atoms with E-state index in [0.717, 1.165) is 24.8 Å². The van der Waals surface area contributed by atoms with Crippen LogP contribution >= 0.6 is 0 Å². The van der Waals surface area contributed by atoms with Gasteiger partial charge >= 0.3 is 0 Å². The van der Waals surface area contributed by atoms with Crippen LogP contribution in [0, 0.1) is 0 Å². The number of ether oxygens (including phenoxy) is 1. The second kappa shape index (κ2) is 8.78. The number of benzene rings is 2. The van der Waals surface area contributed by atoms with Crippen molar-refractivity contribution in [3.63, 3.8) is 0 Å². The van der Waals surface area contributed by atoms with E-state index < -0.39 is 5.54 Å². The molecule has 4 rings (SSSR count). The minimum Gasteiger partial charge on any atom is -0.364 e. The largest absolute Gasteiger partial charge is 0.364 e. The summed E-state index contributed by atoms with van der Waals surface area (Å²) < 4.78 is 5.91. The topological polar surface area (TPSA) is 58.6 Å². The minimum atomic E-state index is -0.541. The number of likely N-dealkylation sites (tertiary alicyclic amines) is 1. The Hall–Kier alpha value is -2.66. The minimum absolute atomic E-state index is 0.0539. The fraction of sp³-hybridized carbons (Fsp3) is 0.417. The Labute approximate surface area is 172 Å². The van der Waals surface area contributed by atoms with Crippen LogP contribution in [-0.2, 0) is 26.3 Å². The van der Waals surface area contributed by atoms with Gasteiger partial charge in [0.1, 0.15) is 12.7 Å². The van der Waals surface area contributed by atoms with E-state index in [9.17, 15) is 9.59 Å². The first kappa shape index (κ1) is 19.6. The van der Waals surface area contributed by atoms with E-state index in [4.69, 9.17) is 4.74 Å². The third kappa shape index (κ3) is 4.35. The van der Waals surface area contributed by atoms with Gasteiger partial charge in [-0.3, -0.25) is 9.59 Å². The molecule has 5 nitrogen and oxygen atoms in total. The number of carbonyl (C=O) groups is 2. The van der Waals surface area contributed by atoms with Gasteiger partial charge in [-0.25, -0.2) is 0 Å². The molecule has 2 aliphatic rings. The lowest BCUT2D eigenvalue weighted by Crippen LogP contribution is -2.67. The van der Waals surface area contributed by atoms with Crippen molar-refractivity contribution in [3.05, 3.63) is 71.8 Å².